The number of amides is 1. The first-order valence-electron chi connectivity index (χ1n) is 5.60. The predicted molar refractivity (Wildman–Crippen MR) is 57.7 cm³/mol. The molecule has 0 N–H and O–H groups in total. The number of nitrogens with zero attached hydrogens (tertiary/aromatic N) is 1. The van der Waals surface area contributed by atoms with Crippen molar-refractivity contribution in [1.29, 1.82) is 0 Å². The molecule has 88 valence electrons. The summed E-state index contributed by atoms with van der Waals surface area (Å²) in [4.78, 5) is 13.3. The fourth-order valence-electron chi connectivity index (χ4n) is 1.56. The zero-order valence-corrected chi connectivity index (χ0v) is 9.86. The van der Waals surface area contributed by atoms with Crippen LogP contribution in [0.2, 0.25) is 0 Å². The highest BCUT2D eigenvalue weighted by Gasteiger charge is 2.22. The molecular weight excluding hydrogens is 194 g/mol. The van der Waals surface area contributed by atoms with Crippen LogP contribution in [0.1, 0.15) is 27.2 Å². The van der Waals surface area contributed by atoms with Crippen LogP contribution in [0.25, 0.3) is 0 Å². The summed E-state index contributed by atoms with van der Waals surface area (Å²) < 4.78 is 10.7. The summed E-state index contributed by atoms with van der Waals surface area (Å²) in [7, 11) is 0. The van der Waals surface area contributed by atoms with Crippen LogP contribution in [0.15, 0.2) is 0 Å². The third-order valence-corrected chi connectivity index (χ3v) is 2.35. The van der Waals surface area contributed by atoms with Crippen LogP contribution in [0.3, 0.4) is 0 Å². The Bertz CT molecular complexity index is 206. The summed E-state index contributed by atoms with van der Waals surface area (Å²) in [6, 6.07) is 0. The van der Waals surface area contributed by atoms with Crippen molar-refractivity contribution >= 4 is 5.91 Å². The number of hydrogen-bond donors (Lipinski definition) is 0. The largest absolute Gasteiger partial charge is 0.379 e. The summed E-state index contributed by atoms with van der Waals surface area (Å²) in [5, 5.41) is 0. The van der Waals surface area contributed by atoms with Gasteiger partial charge in [0.05, 0.1) is 12.2 Å². The molecule has 1 aliphatic rings. The molecule has 1 aliphatic heterocycles. The number of ether oxygens (including phenoxy) is 2. The van der Waals surface area contributed by atoms with E-state index in [1.54, 1.807) is 0 Å². The molecule has 0 aromatic rings. The lowest BCUT2D eigenvalue weighted by atomic mass is 10.2. The second-order valence-electron chi connectivity index (χ2n) is 4.23. The lowest BCUT2D eigenvalue weighted by Gasteiger charge is -2.31. The average Bonchev–Trinajstić information content (AvgIpc) is 2.17. The molecule has 4 heteroatoms. The van der Waals surface area contributed by atoms with E-state index in [2.05, 4.69) is 0 Å². The second kappa shape index (κ2) is 6.08. The van der Waals surface area contributed by atoms with Crippen molar-refractivity contribution in [2.24, 2.45) is 0 Å². The molecule has 15 heavy (non-hydrogen) atoms. The van der Waals surface area contributed by atoms with E-state index in [0.29, 0.717) is 6.54 Å². The maximum absolute atomic E-state index is 11.4. The SMILES string of the molecule is CC(C)OCCCN1CC(C)OCC1=O. The molecule has 1 heterocycles. The van der Waals surface area contributed by atoms with Gasteiger partial charge in [-0.25, -0.2) is 0 Å². The summed E-state index contributed by atoms with van der Waals surface area (Å²) in [6.07, 6.45) is 1.33. The van der Waals surface area contributed by atoms with Crippen molar-refractivity contribution in [2.75, 3.05) is 26.3 Å². The van der Waals surface area contributed by atoms with E-state index in [1.807, 2.05) is 25.7 Å². The van der Waals surface area contributed by atoms with Gasteiger partial charge >= 0.3 is 0 Å². The average molecular weight is 215 g/mol. The molecule has 1 saturated heterocycles. The van der Waals surface area contributed by atoms with Crippen LogP contribution < -0.4 is 0 Å². The first-order valence-corrected chi connectivity index (χ1v) is 5.60. The van der Waals surface area contributed by atoms with E-state index in [9.17, 15) is 4.79 Å². The van der Waals surface area contributed by atoms with E-state index in [-0.39, 0.29) is 24.7 Å². The monoisotopic (exact) mass is 215 g/mol. The van der Waals surface area contributed by atoms with Gasteiger partial charge in [-0.05, 0) is 27.2 Å². The molecule has 1 unspecified atom stereocenters. The van der Waals surface area contributed by atoms with Gasteiger partial charge in [0, 0.05) is 19.7 Å². The van der Waals surface area contributed by atoms with Gasteiger partial charge in [0.15, 0.2) is 0 Å². The van der Waals surface area contributed by atoms with Gasteiger partial charge in [0.2, 0.25) is 5.91 Å². The minimum Gasteiger partial charge on any atom is -0.379 e. The van der Waals surface area contributed by atoms with E-state index >= 15 is 0 Å². The Labute approximate surface area is 91.5 Å². The molecule has 4 nitrogen and oxygen atoms in total. The lowest BCUT2D eigenvalue weighted by Crippen LogP contribution is -2.46. The van der Waals surface area contributed by atoms with Crippen LogP contribution in [-0.4, -0.2) is 49.3 Å². The second-order valence-corrected chi connectivity index (χ2v) is 4.23. The van der Waals surface area contributed by atoms with Crippen molar-refractivity contribution in [2.45, 2.75) is 39.4 Å². The molecule has 0 aliphatic carbocycles. The van der Waals surface area contributed by atoms with Crippen molar-refractivity contribution in [3.05, 3.63) is 0 Å². The number of carbonyl (C=O) groups is 1. The van der Waals surface area contributed by atoms with Crippen LogP contribution >= 0.6 is 0 Å². The zero-order chi connectivity index (χ0) is 11.3. The Morgan fingerprint density at radius 3 is 3.00 bits per heavy atom. The fourth-order valence-corrected chi connectivity index (χ4v) is 1.56. The first kappa shape index (κ1) is 12.5. The highest BCUT2D eigenvalue weighted by molar-refractivity contribution is 5.78. The highest BCUT2D eigenvalue weighted by atomic mass is 16.5. The Kier molecular flexibility index (Phi) is 5.05. The molecule has 0 radical (unpaired) electrons. The summed E-state index contributed by atoms with van der Waals surface area (Å²) >= 11 is 0. The fraction of sp³-hybridized carbons (Fsp3) is 0.909. The van der Waals surface area contributed by atoms with Gasteiger partial charge in [-0.1, -0.05) is 0 Å². The van der Waals surface area contributed by atoms with Crippen molar-refractivity contribution in [3.8, 4) is 0 Å². The van der Waals surface area contributed by atoms with Gasteiger partial charge < -0.3 is 14.4 Å². The van der Waals surface area contributed by atoms with Gasteiger partial charge in [0.1, 0.15) is 6.61 Å². The zero-order valence-electron chi connectivity index (χ0n) is 9.86. The summed E-state index contributed by atoms with van der Waals surface area (Å²) in [5.74, 6) is 0.0950. The molecule has 1 fully saturated rings. The third kappa shape index (κ3) is 4.62. The van der Waals surface area contributed by atoms with Crippen LogP contribution in [0.4, 0.5) is 0 Å². The number of hydrogen-bond acceptors (Lipinski definition) is 3. The maximum Gasteiger partial charge on any atom is 0.248 e. The molecule has 0 aromatic heterocycles. The quantitative estimate of drug-likeness (QED) is 0.643. The highest BCUT2D eigenvalue weighted by Crippen LogP contribution is 2.06. The van der Waals surface area contributed by atoms with Crippen LogP contribution in [0, 0.1) is 0 Å². The van der Waals surface area contributed by atoms with E-state index < -0.39 is 0 Å². The lowest BCUT2D eigenvalue weighted by molar-refractivity contribution is -0.148. The Balaban J connectivity index is 2.16. The smallest absolute Gasteiger partial charge is 0.248 e. The Morgan fingerprint density at radius 2 is 2.33 bits per heavy atom. The van der Waals surface area contributed by atoms with Gasteiger partial charge in [-0.2, -0.15) is 0 Å². The number of carbonyl (C=O) groups excluding carboxylic acids is 1. The van der Waals surface area contributed by atoms with Gasteiger partial charge in [0.25, 0.3) is 0 Å². The van der Waals surface area contributed by atoms with Crippen molar-refractivity contribution in [1.82, 2.24) is 4.90 Å². The van der Waals surface area contributed by atoms with Gasteiger partial charge in [-0.3, -0.25) is 4.79 Å². The molecule has 0 saturated carbocycles. The van der Waals surface area contributed by atoms with Gasteiger partial charge in [-0.15, -0.1) is 0 Å². The Hall–Kier alpha value is -0.610. The van der Waals surface area contributed by atoms with E-state index in [4.69, 9.17) is 9.47 Å². The first-order chi connectivity index (χ1) is 7.09. The number of rotatable bonds is 5. The van der Waals surface area contributed by atoms with Crippen LogP contribution in [0.5, 0.6) is 0 Å². The number of morpholine rings is 1. The third-order valence-electron chi connectivity index (χ3n) is 2.35. The topological polar surface area (TPSA) is 38.8 Å². The Morgan fingerprint density at radius 1 is 1.60 bits per heavy atom. The van der Waals surface area contributed by atoms with Crippen LogP contribution in [-0.2, 0) is 14.3 Å². The predicted octanol–water partition coefficient (Wildman–Crippen LogP) is 1.05. The molecule has 0 aromatic carbocycles. The van der Waals surface area contributed by atoms with E-state index in [1.165, 1.54) is 0 Å². The normalized spacial score (nSPS) is 22.5. The minimum absolute atomic E-state index is 0.0950. The summed E-state index contributed by atoms with van der Waals surface area (Å²) in [5.41, 5.74) is 0. The standard InChI is InChI=1S/C11H21NO3/c1-9(2)14-6-4-5-12-7-10(3)15-8-11(12)13/h9-10H,4-8H2,1-3H3. The van der Waals surface area contributed by atoms with Crippen molar-refractivity contribution < 1.29 is 14.3 Å². The maximum atomic E-state index is 11.4. The molecular formula is C11H21NO3. The minimum atomic E-state index is 0.0950. The molecule has 1 rings (SSSR count). The molecule has 0 bridgehead atoms. The van der Waals surface area contributed by atoms with E-state index in [0.717, 1.165) is 19.6 Å². The molecule has 0 spiro atoms. The molecule has 1 atom stereocenters. The molecule has 1 amide bonds. The van der Waals surface area contributed by atoms with Crippen molar-refractivity contribution in [3.63, 3.8) is 0 Å². The summed E-state index contributed by atoms with van der Waals surface area (Å²) in [6.45, 7) is 8.45.